The first-order chi connectivity index (χ1) is 12.2. The van der Waals surface area contributed by atoms with E-state index in [0.717, 1.165) is 26.8 Å². The molecular formula is C19H15BrN4O. The standard InChI is InChI=1S/C19H15BrN4O/c1-24-17-5-3-2-4-16(17)22-19(24)23-21-12-15-10-11-18(25-15)13-6-8-14(20)9-7-13/h2-12H,1H3,(H,22,23)/b21-12-. The zero-order valence-corrected chi connectivity index (χ0v) is 15.1. The third-order valence-electron chi connectivity index (χ3n) is 3.90. The van der Waals surface area contributed by atoms with Gasteiger partial charge in [-0.25, -0.2) is 10.4 Å². The number of benzene rings is 2. The minimum Gasteiger partial charge on any atom is -0.455 e. The van der Waals surface area contributed by atoms with E-state index in [0.29, 0.717) is 11.7 Å². The highest BCUT2D eigenvalue weighted by Gasteiger charge is 2.06. The number of hydrogen-bond donors (Lipinski definition) is 1. The lowest BCUT2D eigenvalue weighted by molar-refractivity contribution is 0.575. The molecule has 0 aliphatic rings. The SMILES string of the molecule is Cn1c(N/N=C\c2ccc(-c3ccc(Br)cc3)o2)nc2ccccc21. The van der Waals surface area contributed by atoms with E-state index in [1.807, 2.05) is 72.3 Å². The van der Waals surface area contributed by atoms with Gasteiger partial charge < -0.3 is 8.98 Å². The molecule has 0 aliphatic carbocycles. The van der Waals surface area contributed by atoms with E-state index in [1.54, 1.807) is 6.21 Å². The molecule has 2 heterocycles. The van der Waals surface area contributed by atoms with Gasteiger partial charge in [0.1, 0.15) is 11.5 Å². The van der Waals surface area contributed by atoms with Crippen molar-refractivity contribution in [2.24, 2.45) is 12.1 Å². The van der Waals surface area contributed by atoms with Gasteiger partial charge in [-0.05, 0) is 36.4 Å². The maximum atomic E-state index is 5.80. The number of hydrazone groups is 1. The van der Waals surface area contributed by atoms with Gasteiger partial charge in [0.25, 0.3) is 0 Å². The highest BCUT2D eigenvalue weighted by Crippen LogP contribution is 2.23. The second-order valence-electron chi connectivity index (χ2n) is 5.56. The number of imidazole rings is 1. The number of rotatable bonds is 4. The van der Waals surface area contributed by atoms with Crippen LogP contribution in [0.25, 0.3) is 22.4 Å². The van der Waals surface area contributed by atoms with E-state index >= 15 is 0 Å². The molecule has 2 aromatic carbocycles. The number of aromatic nitrogens is 2. The van der Waals surface area contributed by atoms with Crippen molar-refractivity contribution in [1.82, 2.24) is 9.55 Å². The molecule has 1 N–H and O–H groups in total. The number of furan rings is 1. The minimum atomic E-state index is 0.671. The molecule has 0 unspecified atom stereocenters. The van der Waals surface area contributed by atoms with E-state index in [2.05, 4.69) is 31.4 Å². The monoisotopic (exact) mass is 394 g/mol. The second-order valence-corrected chi connectivity index (χ2v) is 6.48. The predicted octanol–water partition coefficient (Wildman–Crippen LogP) is 5.04. The molecule has 0 aliphatic heterocycles. The number of nitrogens with one attached hydrogen (secondary N) is 1. The number of anilines is 1. The molecule has 124 valence electrons. The molecule has 4 aromatic rings. The number of fused-ring (bicyclic) bond motifs is 1. The first-order valence-corrected chi connectivity index (χ1v) is 8.56. The number of aryl methyl sites for hydroxylation is 1. The summed E-state index contributed by atoms with van der Waals surface area (Å²) >= 11 is 3.43. The highest BCUT2D eigenvalue weighted by atomic mass is 79.9. The highest BCUT2D eigenvalue weighted by molar-refractivity contribution is 9.10. The van der Waals surface area contributed by atoms with Crippen LogP contribution in [0.4, 0.5) is 5.95 Å². The van der Waals surface area contributed by atoms with Gasteiger partial charge in [0.05, 0.1) is 17.2 Å². The van der Waals surface area contributed by atoms with Gasteiger partial charge in [-0.2, -0.15) is 5.10 Å². The van der Waals surface area contributed by atoms with Crippen LogP contribution in [0.2, 0.25) is 0 Å². The molecule has 0 radical (unpaired) electrons. The summed E-state index contributed by atoms with van der Waals surface area (Å²) in [5.41, 5.74) is 5.96. The second kappa shape index (κ2) is 6.57. The Hall–Kier alpha value is -2.86. The molecule has 6 heteroatoms. The summed E-state index contributed by atoms with van der Waals surface area (Å²) in [7, 11) is 1.95. The molecule has 0 saturated carbocycles. The van der Waals surface area contributed by atoms with Crippen LogP contribution in [0.15, 0.2) is 74.7 Å². The molecule has 0 bridgehead atoms. The molecule has 0 atom stereocenters. The van der Waals surface area contributed by atoms with Gasteiger partial charge in [-0.1, -0.05) is 40.2 Å². The first-order valence-electron chi connectivity index (χ1n) is 7.77. The van der Waals surface area contributed by atoms with Crippen molar-refractivity contribution in [1.29, 1.82) is 0 Å². The Balaban J connectivity index is 1.50. The minimum absolute atomic E-state index is 0.671. The Labute approximate surface area is 153 Å². The Morgan fingerprint density at radius 1 is 1.08 bits per heavy atom. The van der Waals surface area contributed by atoms with Gasteiger partial charge >= 0.3 is 0 Å². The Bertz CT molecular complexity index is 1050. The molecule has 4 rings (SSSR count). The van der Waals surface area contributed by atoms with Gasteiger partial charge in [-0.15, -0.1) is 0 Å². The fraction of sp³-hybridized carbons (Fsp3) is 0.0526. The molecular weight excluding hydrogens is 380 g/mol. The van der Waals surface area contributed by atoms with Crippen LogP contribution in [0.3, 0.4) is 0 Å². The Morgan fingerprint density at radius 3 is 2.68 bits per heavy atom. The number of nitrogens with zero attached hydrogens (tertiary/aromatic N) is 3. The van der Waals surface area contributed by atoms with E-state index in [-0.39, 0.29) is 0 Å². The van der Waals surface area contributed by atoms with E-state index in [9.17, 15) is 0 Å². The molecule has 5 nitrogen and oxygen atoms in total. The van der Waals surface area contributed by atoms with Crippen molar-refractivity contribution >= 4 is 39.1 Å². The fourth-order valence-corrected chi connectivity index (χ4v) is 2.86. The van der Waals surface area contributed by atoms with Crippen molar-refractivity contribution in [2.75, 3.05) is 5.43 Å². The van der Waals surface area contributed by atoms with E-state index in [1.165, 1.54) is 0 Å². The molecule has 25 heavy (non-hydrogen) atoms. The summed E-state index contributed by atoms with van der Waals surface area (Å²) in [4.78, 5) is 4.51. The van der Waals surface area contributed by atoms with Crippen LogP contribution in [-0.4, -0.2) is 15.8 Å². The van der Waals surface area contributed by atoms with Crippen molar-refractivity contribution in [3.63, 3.8) is 0 Å². The van der Waals surface area contributed by atoms with Crippen molar-refractivity contribution < 1.29 is 4.42 Å². The van der Waals surface area contributed by atoms with Crippen molar-refractivity contribution in [3.05, 3.63) is 70.9 Å². The summed E-state index contributed by atoms with van der Waals surface area (Å²) in [5.74, 6) is 2.15. The zero-order chi connectivity index (χ0) is 17.2. The lowest BCUT2D eigenvalue weighted by Crippen LogP contribution is -1.98. The van der Waals surface area contributed by atoms with Gasteiger partial charge in [0.2, 0.25) is 5.95 Å². The number of halogens is 1. The normalized spacial score (nSPS) is 11.4. The number of para-hydroxylation sites is 2. The smallest absolute Gasteiger partial charge is 0.224 e. The third kappa shape index (κ3) is 3.21. The van der Waals surface area contributed by atoms with Crippen LogP contribution in [-0.2, 0) is 7.05 Å². The zero-order valence-electron chi connectivity index (χ0n) is 13.5. The van der Waals surface area contributed by atoms with Crippen LogP contribution >= 0.6 is 15.9 Å². The summed E-state index contributed by atoms with van der Waals surface area (Å²) < 4.78 is 8.80. The molecule has 0 spiro atoms. The van der Waals surface area contributed by atoms with Crippen LogP contribution in [0.5, 0.6) is 0 Å². The quantitative estimate of drug-likeness (QED) is 0.389. The van der Waals surface area contributed by atoms with Gasteiger partial charge in [0.15, 0.2) is 0 Å². The average Bonchev–Trinajstić information content (AvgIpc) is 3.22. The fourth-order valence-electron chi connectivity index (χ4n) is 2.59. The summed E-state index contributed by atoms with van der Waals surface area (Å²) in [6.07, 6.45) is 1.64. The van der Waals surface area contributed by atoms with Gasteiger partial charge in [0, 0.05) is 17.1 Å². The molecule has 0 fully saturated rings. The summed E-state index contributed by atoms with van der Waals surface area (Å²) in [6, 6.07) is 19.7. The van der Waals surface area contributed by atoms with E-state index in [4.69, 9.17) is 4.42 Å². The van der Waals surface area contributed by atoms with E-state index < -0.39 is 0 Å². The maximum Gasteiger partial charge on any atom is 0.224 e. The molecule has 0 amide bonds. The van der Waals surface area contributed by atoms with Crippen molar-refractivity contribution in [2.45, 2.75) is 0 Å². The maximum absolute atomic E-state index is 5.80. The summed E-state index contributed by atoms with van der Waals surface area (Å²) in [6.45, 7) is 0. The Morgan fingerprint density at radius 2 is 1.88 bits per heavy atom. The summed E-state index contributed by atoms with van der Waals surface area (Å²) in [5, 5.41) is 4.23. The number of hydrogen-bond acceptors (Lipinski definition) is 4. The average molecular weight is 395 g/mol. The first kappa shape index (κ1) is 15.7. The Kier molecular flexibility index (Phi) is 4.11. The van der Waals surface area contributed by atoms with Crippen LogP contribution in [0.1, 0.15) is 5.76 Å². The third-order valence-corrected chi connectivity index (χ3v) is 4.43. The molecule has 0 saturated heterocycles. The van der Waals surface area contributed by atoms with Crippen molar-refractivity contribution in [3.8, 4) is 11.3 Å². The molecule has 2 aromatic heterocycles. The predicted molar refractivity (Wildman–Crippen MR) is 104 cm³/mol. The van der Waals surface area contributed by atoms with Crippen LogP contribution in [0, 0.1) is 0 Å². The topological polar surface area (TPSA) is 55.4 Å². The largest absolute Gasteiger partial charge is 0.455 e. The van der Waals surface area contributed by atoms with Crippen LogP contribution < -0.4 is 5.43 Å². The van der Waals surface area contributed by atoms with Gasteiger partial charge in [-0.3, -0.25) is 0 Å². The lowest BCUT2D eigenvalue weighted by Gasteiger charge is -1.99. The lowest BCUT2D eigenvalue weighted by atomic mass is 10.2.